The zero-order valence-electron chi connectivity index (χ0n) is 16.2. The molecule has 148 valence electrons. The minimum absolute atomic E-state index is 0.00846. The largest absolute Gasteiger partial charge is 0.351 e. The van der Waals surface area contributed by atoms with E-state index in [0.29, 0.717) is 43.3 Å². The Kier molecular flexibility index (Phi) is 7.06. The summed E-state index contributed by atoms with van der Waals surface area (Å²) in [6, 6.07) is 15.2. The van der Waals surface area contributed by atoms with Gasteiger partial charge in [0.05, 0.1) is 17.1 Å². The van der Waals surface area contributed by atoms with Crippen LogP contribution in [0.25, 0.3) is 0 Å². The van der Waals surface area contributed by atoms with E-state index in [9.17, 15) is 9.59 Å². The van der Waals surface area contributed by atoms with E-state index >= 15 is 0 Å². The summed E-state index contributed by atoms with van der Waals surface area (Å²) in [5.41, 5.74) is 2.84. The summed E-state index contributed by atoms with van der Waals surface area (Å²) in [4.78, 5) is 29.0. The lowest BCUT2D eigenvalue weighted by molar-refractivity contribution is -0.122. The van der Waals surface area contributed by atoms with Crippen molar-refractivity contribution < 1.29 is 9.59 Å². The minimum Gasteiger partial charge on any atom is -0.351 e. The summed E-state index contributed by atoms with van der Waals surface area (Å²) in [7, 11) is 0. The molecule has 2 aromatic carbocycles. The summed E-state index contributed by atoms with van der Waals surface area (Å²) < 4.78 is 0. The van der Waals surface area contributed by atoms with Crippen LogP contribution in [0.2, 0.25) is 5.02 Å². The van der Waals surface area contributed by atoms with Crippen molar-refractivity contribution in [2.45, 2.75) is 19.9 Å². The topological polar surface area (TPSA) is 52.7 Å². The van der Waals surface area contributed by atoms with Crippen molar-refractivity contribution in [2.75, 3.05) is 32.7 Å². The van der Waals surface area contributed by atoms with Crippen LogP contribution in [0.5, 0.6) is 0 Å². The van der Waals surface area contributed by atoms with Crippen LogP contribution in [0.4, 0.5) is 0 Å². The van der Waals surface area contributed by atoms with Gasteiger partial charge in [-0.15, -0.1) is 0 Å². The molecule has 0 spiro atoms. The number of carbonyl (C=O) groups excluding carboxylic acids is 2. The first kappa shape index (κ1) is 20.4. The number of aryl methyl sites for hydroxylation is 1. The number of carbonyl (C=O) groups is 2. The molecule has 0 aliphatic carbocycles. The average Bonchev–Trinajstić information content (AvgIpc) is 2.93. The van der Waals surface area contributed by atoms with Gasteiger partial charge in [-0.05, 0) is 36.6 Å². The van der Waals surface area contributed by atoms with Crippen LogP contribution in [0.3, 0.4) is 0 Å². The van der Waals surface area contributed by atoms with Crippen LogP contribution in [0.1, 0.15) is 27.9 Å². The molecule has 0 aromatic heterocycles. The monoisotopic (exact) mass is 399 g/mol. The van der Waals surface area contributed by atoms with Gasteiger partial charge in [0.25, 0.3) is 5.91 Å². The predicted molar refractivity (Wildman–Crippen MR) is 111 cm³/mol. The minimum atomic E-state index is -0.0449. The van der Waals surface area contributed by atoms with Crippen LogP contribution in [-0.4, -0.2) is 54.3 Å². The number of benzene rings is 2. The lowest BCUT2D eigenvalue weighted by Crippen LogP contribution is -2.40. The van der Waals surface area contributed by atoms with Gasteiger partial charge in [0.1, 0.15) is 0 Å². The Hall–Kier alpha value is -2.37. The van der Waals surface area contributed by atoms with Gasteiger partial charge < -0.3 is 10.2 Å². The molecule has 6 heteroatoms. The van der Waals surface area contributed by atoms with E-state index in [1.54, 1.807) is 12.1 Å². The summed E-state index contributed by atoms with van der Waals surface area (Å²) >= 11 is 6.16. The molecule has 0 radical (unpaired) electrons. The number of nitrogens with zero attached hydrogens (tertiary/aromatic N) is 2. The molecule has 0 unspecified atom stereocenters. The lowest BCUT2D eigenvalue weighted by atomic mass is 10.1. The van der Waals surface area contributed by atoms with E-state index in [-0.39, 0.29) is 11.8 Å². The molecular formula is C22H26ClN3O2. The maximum absolute atomic E-state index is 12.7. The van der Waals surface area contributed by atoms with Crippen LogP contribution >= 0.6 is 11.6 Å². The summed E-state index contributed by atoms with van der Waals surface area (Å²) in [6.07, 6.45) is 0.835. The molecule has 1 fully saturated rings. The van der Waals surface area contributed by atoms with Crippen molar-refractivity contribution in [3.63, 3.8) is 0 Å². The van der Waals surface area contributed by atoms with Gasteiger partial charge in [-0.25, -0.2) is 0 Å². The number of hydrogen-bond acceptors (Lipinski definition) is 3. The number of halogens is 1. The van der Waals surface area contributed by atoms with E-state index in [2.05, 4.69) is 10.2 Å². The molecule has 1 aliphatic heterocycles. The van der Waals surface area contributed by atoms with Crippen molar-refractivity contribution in [2.24, 2.45) is 0 Å². The highest BCUT2D eigenvalue weighted by Gasteiger charge is 2.22. The standard InChI is InChI=1S/C22H26ClN3O2/c1-17-7-2-3-8-18(17)15-24-21(27)16-25-11-6-12-26(14-13-25)22(28)19-9-4-5-10-20(19)23/h2-5,7-10H,6,11-16H2,1H3,(H,24,27). The van der Waals surface area contributed by atoms with Crippen molar-refractivity contribution in [1.29, 1.82) is 0 Å². The quantitative estimate of drug-likeness (QED) is 0.840. The first-order valence-electron chi connectivity index (χ1n) is 9.62. The molecule has 2 aromatic rings. The van der Waals surface area contributed by atoms with E-state index in [0.717, 1.165) is 18.5 Å². The fourth-order valence-electron chi connectivity index (χ4n) is 3.40. The number of rotatable bonds is 5. The molecule has 0 saturated carbocycles. The van der Waals surface area contributed by atoms with Crippen LogP contribution in [0, 0.1) is 6.92 Å². The Labute approximate surface area is 171 Å². The van der Waals surface area contributed by atoms with Gasteiger partial charge in [-0.1, -0.05) is 48.0 Å². The zero-order valence-corrected chi connectivity index (χ0v) is 16.9. The second-order valence-electron chi connectivity index (χ2n) is 7.10. The predicted octanol–water partition coefficient (Wildman–Crippen LogP) is 3.11. The summed E-state index contributed by atoms with van der Waals surface area (Å²) in [5, 5.41) is 3.47. The van der Waals surface area contributed by atoms with Crippen LogP contribution in [0.15, 0.2) is 48.5 Å². The molecule has 3 rings (SSSR count). The third-order valence-electron chi connectivity index (χ3n) is 5.08. The number of nitrogens with one attached hydrogen (secondary N) is 1. The van der Waals surface area contributed by atoms with Gasteiger partial charge in [-0.3, -0.25) is 14.5 Å². The first-order chi connectivity index (χ1) is 13.5. The molecule has 1 N–H and O–H groups in total. The molecule has 1 aliphatic rings. The lowest BCUT2D eigenvalue weighted by Gasteiger charge is -2.22. The molecule has 5 nitrogen and oxygen atoms in total. The Morgan fingerprint density at radius 1 is 1.00 bits per heavy atom. The average molecular weight is 400 g/mol. The maximum atomic E-state index is 12.7. The summed E-state index contributed by atoms with van der Waals surface area (Å²) in [5.74, 6) is -0.0365. The molecule has 1 heterocycles. The Balaban J connectivity index is 1.50. The van der Waals surface area contributed by atoms with E-state index in [1.165, 1.54) is 5.56 Å². The van der Waals surface area contributed by atoms with Crippen molar-refractivity contribution in [3.8, 4) is 0 Å². The molecule has 0 atom stereocenters. The van der Waals surface area contributed by atoms with Gasteiger partial charge in [0.2, 0.25) is 5.91 Å². The third-order valence-corrected chi connectivity index (χ3v) is 5.41. The van der Waals surface area contributed by atoms with Crippen LogP contribution < -0.4 is 5.32 Å². The summed E-state index contributed by atoms with van der Waals surface area (Å²) in [6.45, 7) is 5.66. The normalized spacial score (nSPS) is 15.1. The van der Waals surface area contributed by atoms with E-state index in [4.69, 9.17) is 11.6 Å². The van der Waals surface area contributed by atoms with Gasteiger partial charge in [0, 0.05) is 32.7 Å². The molecule has 1 saturated heterocycles. The number of amides is 2. The van der Waals surface area contributed by atoms with Gasteiger partial charge in [0.15, 0.2) is 0 Å². The van der Waals surface area contributed by atoms with E-state index < -0.39 is 0 Å². The second kappa shape index (κ2) is 9.71. The fourth-order valence-corrected chi connectivity index (χ4v) is 3.61. The fraction of sp³-hybridized carbons (Fsp3) is 0.364. The van der Waals surface area contributed by atoms with Gasteiger partial charge in [-0.2, -0.15) is 0 Å². The smallest absolute Gasteiger partial charge is 0.255 e. The molecule has 0 bridgehead atoms. The molecular weight excluding hydrogens is 374 g/mol. The highest BCUT2D eigenvalue weighted by molar-refractivity contribution is 6.33. The van der Waals surface area contributed by atoms with Crippen molar-refractivity contribution >= 4 is 23.4 Å². The van der Waals surface area contributed by atoms with Crippen molar-refractivity contribution in [1.82, 2.24) is 15.1 Å². The SMILES string of the molecule is Cc1ccccc1CNC(=O)CN1CCCN(C(=O)c2ccccc2Cl)CC1. The highest BCUT2D eigenvalue weighted by atomic mass is 35.5. The van der Waals surface area contributed by atoms with Crippen LogP contribution in [-0.2, 0) is 11.3 Å². The first-order valence-corrected chi connectivity index (χ1v) is 10.00. The maximum Gasteiger partial charge on any atom is 0.255 e. The van der Waals surface area contributed by atoms with Gasteiger partial charge >= 0.3 is 0 Å². The highest BCUT2D eigenvalue weighted by Crippen LogP contribution is 2.18. The molecule has 2 amide bonds. The Morgan fingerprint density at radius 3 is 2.54 bits per heavy atom. The molecule has 28 heavy (non-hydrogen) atoms. The Bertz CT molecular complexity index is 840. The van der Waals surface area contributed by atoms with E-state index in [1.807, 2.05) is 48.2 Å². The van der Waals surface area contributed by atoms with Crippen molar-refractivity contribution in [3.05, 3.63) is 70.2 Å². The third kappa shape index (κ3) is 5.33. The number of hydrogen-bond donors (Lipinski definition) is 1. The Morgan fingerprint density at radius 2 is 1.75 bits per heavy atom. The second-order valence-corrected chi connectivity index (χ2v) is 7.51. The zero-order chi connectivity index (χ0) is 19.9.